The van der Waals surface area contributed by atoms with E-state index < -0.39 is 0 Å². The summed E-state index contributed by atoms with van der Waals surface area (Å²) in [5, 5.41) is 2.00. The zero-order chi connectivity index (χ0) is 17.2. The molecule has 2 aromatic heterocycles. The van der Waals surface area contributed by atoms with Crippen molar-refractivity contribution in [1.82, 2.24) is 14.9 Å². The summed E-state index contributed by atoms with van der Waals surface area (Å²) in [5.41, 5.74) is 4.55. The molecular weight excluding hydrogens is 330 g/mol. The van der Waals surface area contributed by atoms with E-state index in [0.717, 1.165) is 48.6 Å². The van der Waals surface area contributed by atoms with Gasteiger partial charge in [-0.05, 0) is 35.4 Å². The summed E-state index contributed by atoms with van der Waals surface area (Å²) < 4.78 is 0. The van der Waals surface area contributed by atoms with E-state index >= 15 is 0 Å². The normalized spacial score (nSPS) is 14.4. The summed E-state index contributed by atoms with van der Waals surface area (Å²) in [6.07, 6.45) is 1.80. The number of aromatic amines is 1. The summed E-state index contributed by atoms with van der Waals surface area (Å²) in [7, 11) is 0. The molecule has 0 saturated heterocycles. The highest BCUT2D eigenvalue weighted by atomic mass is 32.1. The Kier molecular flexibility index (Phi) is 4.51. The van der Waals surface area contributed by atoms with Gasteiger partial charge in [0.1, 0.15) is 0 Å². The Morgan fingerprint density at radius 1 is 1.20 bits per heavy atom. The van der Waals surface area contributed by atoms with Gasteiger partial charge in [0.05, 0.1) is 10.6 Å². The van der Waals surface area contributed by atoms with Crippen molar-refractivity contribution in [2.24, 2.45) is 0 Å². The Balaban J connectivity index is 1.61. The van der Waals surface area contributed by atoms with Gasteiger partial charge in [0, 0.05) is 25.2 Å². The van der Waals surface area contributed by atoms with Crippen LogP contribution in [0.3, 0.4) is 0 Å². The van der Waals surface area contributed by atoms with Crippen LogP contribution < -0.4 is 5.56 Å². The Hall–Kier alpha value is -2.24. The Labute approximate surface area is 151 Å². The number of nitrogens with one attached hydrogen (secondary N) is 1. The van der Waals surface area contributed by atoms with Crippen LogP contribution in [0.4, 0.5) is 0 Å². The molecule has 3 aromatic rings. The average molecular weight is 351 g/mol. The van der Waals surface area contributed by atoms with Gasteiger partial charge in [0.25, 0.3) is 5.56 Å². The molecule has 0 radical (unpaired) electrons. The molecule has 1 aliphatic heterocycles. The second-order valence-electron chi connectivity index (χ2n) is 6.40. The quantitative estimate of drug-likeness (QED) is 0.781. The van der Waals surface area contributed by atoms with Crippen LogP contribution in [-0.2, 0) is 25.9 Å². The molecule has 0 bridgehead atoms. The minimum atomic E-state index is 0.0157. The number of H-pyrrole nitrogens is 1. The number of hydrogen-bond donors (Lipinski definition) is 1. The van der Waals surface area contributed by atoms with Gasteiger partial charge < -0.3 is 4.98 Å². The third-order valence-electron chi connectivity index (χ3n) is 4.80. The van der Waals surface area contributed by atoms with Crippen molar-refractivity contribution >= 4 is 11.3 Å². The molecule has 3 heterocycles. The molecule has 4 nitrogen and oxygen atoms in total. The third kappa shape index (κ3) is 3.30. The van der Waals surface area contributed by atoms with Gasteiger partial charge in [-0.25, -0.2) is 4.98 Å². The number of aromatic nitrogens is 2. The minimum absolute atomic E-state index is 0.0157. The van der Waals surface area contributed by atoms with E-state index in [0.29, 0.717) is 5.82 Å². The molecule has 5 heteroatoms. The van der Waals surface area contributed by atoms with Crippen molar-refractivity contribution in [3.8, 4) is 10.7 Å². The predicted octanol–water partition coefficient (Wildman–Crippen LogP) is 3.62. The molecular formula is C20H21N3OS. The smallest absolute Gasteiger partial charge is 0.254 e. The van der Waals surface area contributed by atoms with Gasteiger partial charge in [-0.1, -0.05) is 37.3 Å². The van der Waals surface area contributed by atoms with E-state index in [4.69, 9.17) is 4.98 Å². The predicted molar refractivity (Wildman–Crippen MR) is 102 cm³/mol. The van der Waals surface area contributed by atoms with Crippen LogP contribution in [0, 0.1) is 0 Å². The highest BCUT2D eigenvalue weighted by Crippen LogP contribution is 2.23. The summed E-state index contributed by atoms with van der Waals surface area (Å²) >= 11 is 1.60. The molecule has 1 aromatic carbocycles. The van der Waals surface area contributed by atoms with Gasteiger partial charge in [0.2, 0.25) is 0 Å². The Morgan fingerprint density at radius 2 is 2.04 bits per heavy atom. The first-order valence-electron chi connectivity index (χ1n) is 8.69. The molecule has 0 amide bonds. The molecule has 128 valence electrons. The van der Waals surface area contributed by atoms with Crippen LogP contribution in [0.1, 0.15) is 29.3 Å². The molecule has 0 saturated carbocycles. The van der Waals surface area contributed by atoms with E-state index in [1.54, 1.807) is 11.3 Å². The average Bonchev–Trinajstić information content (AvgIpc) is 3.16. The third-order valence-corrected chi connectivity index (χ3v) is 5.68. The van der Waals surface area contributed by atoms with E-state index in [-0.39, 0.29) is 5.56 Å². The maximum atomic E-state index is 12.4. The topological polar surface area (TPSA) is 49.0 Å². The van der Waals surface area contributed by atoms with Crippen LogP contribution in [0.2, 0.25) is 0 Å². The number of hydrogen-bond acceptors (Lipinski definition) is 4. The van der Waals surface area contributed by atoms with Gasteiger partial charge >= 0.3 is 0 Å². The molecule has 0 spiro atoms. The highest BCUT2D eigenvalue weighted by molar-refractivity contribution is 7.13. The monoisotopic (exact) mass is 351 g/mol. The molecule has 1 N–H and O–H groups in total. The maximum Gasteiger partial charge on any atom is 0.254 e. The molecule has 0 unspecified atom stereocenters. The van der Waals surface area contributed by atoms with Crippen molar-refractivity contribution < 1.29 is 0 Å². The van der Waals surface area contributed by atoms with E-state index in [2.05, 4.69) is 41.1 Å². The molecule has 0 fully saturated rings. The zero-order valence-electron chi connectivity index (χ0n) is 14.3. The number of benzene rings is 1. The zero-order valence-corrected chi connectivity index (χ0v) is 15.1. The molecule has 0 aliphatic carbocycles. The lowest BCUT2D eigenvalue weighted by molar-refractivity contribution is 0.240. The fourth-order valence-electron chi connectivity index (χ4n) is 3.46. The summed E-state index contributed by atoms with van der Waals surface area (Å²) in [5.74, 6) is 0.689. The summed E-state index contributed by atoms with van der Waals surface area (Å²) in [4.78, 5) is 23.5. The first-order chi connectivity index (χ1) is 12.2. The molecule has 0 atom stereocenters. The van der Waals surface area contributed by atoms with E-state index in [1.807, 2.05) is 17.5 Å². The number of aryl methyl sites for hydroxylation is 1. The van der Waals surface area contributed by atoms with Gasteiger partial charge in [-0.15, -0.1) is 11.3 Å². The van der Waals surface area contributed by atoms with Gasteiger partial charge in [-0.3, -0.25) is 9.69 Å². The summed E-state index contributed by atoms with van der Waals surface area (Å²) in [6, 6.07) is 12.6. The van der Waals surface area contributed by atoms with Crippen molar-refractivity contribution in [3.63, 3.8) is 0 Å². The van der Waals surface area contributed by atoms with Crippen LogP contribution in [0.25, 0.3) is 10.7 Å². The molecule has 4 rings (SSSR count). The number of fused-ring (bicyclic) bond motifs is 1. The molecule has 1 aliphatic rings. The first kappa shape index (κ1) is 16.2. The largest absolute Gasteiger partial charge is 0.306 e. The second kappa shape index (κ2) is 6.94. The Bertz CT molecular complexity index is 930. The lowest BCUT2D eigenvalue weighted by Gasteiger charge is -2.28. The van der Waals surface area contributed by atoms with Crippen molar-refractivity contribution in [1.29, 1.82) is 0 Å². The van der Waals surface area contributed by atoms with Gasteiger partial charge in [-0.2, -0.15) is 0 Å². The number of nitrogens with zero attached hydrogens (tertiary/aromatic N) is 2. The van der Waals surface area contributed by atoms with Crippen molar-refractivity contribution in [3.05, 3.63) is 74.5 Å². The second-order valence-corrected chi connectivity index (χ2v) is 7.35. The highest BCUT2D eigenvalue weighted by Gasteiger charge is 2.22. The van der Waals surface area contributed by atoms with Crippen LogP contribution in [0.15, 0.2) is 46.6 Å². The number of rotatable bonds is 4. The Morgan fingerprint density at radius 3 is 2.80 bits per heavy atom. The van der Waals surface area contributed by atoms with Crippen LogP contribution in [-0.4, -0.2) is 21.4 Å². The minimum Gasteiger partial charge on any atom is -0.306 e. The fourth-order valence-corrected chi connectivity index (χ4v) is 4.13. The van der Waals surface area contributed by atoms with Crippen molar-refractivity contribution in [2.75, 3.05) is 6.54 Å². The van der Waals surface area contributed by atoms with Crippen LogP contribution >= 0.6 is 11.3 Å². The van der Waals surface area contributed by atoms with E-state index in [9.17, 15) is 4.79 Å². The van der Waals surface area contributed by atoms with E-state index in [1.165, 1.54) is 11.1 Å². The standard InChI is InChI=1S/C20H21N3OS/c1-2-14-6-3-4-7-15(14)12-23-10-9-16-17(13-23)21-19(22-20(16)24)18-8-5-11-25-18/h3-8,11H,2,9-10,12-13H2,1H3,(H,21,22,24). The maximum absolute atomic E-state index is 12.4. The lowest BCUT2D eigenvalue weighted by atomic mass is 10.0. The molecule has 25 heavy (non-hydrogen) atoms. The SMILES string of the molecule is CCc1ccccc1CN1CCc2c(nc(-c3cccs3)[nH]c2=O)C1. The van der Waals surface area contributed by atoms with Crippen molar-refractivity contribution in [2.45, 2.75) is 32.9 Å². The first-order valence-corrected chi connectivity index (χ1v) is 9.57. The summed E-state index contributed by atoms with van der Waals surface area (Å²) in [6.45, 7) is 4.73. The fraction of sp³-hybridized carbons (Fsp3) is 0.300. The lowest BCUT2D eigenvalue weighted by Crippen LogP contribution is -2.35. The van der Waals surface area contributed by atoms with Gasteiger partial charge in [0.15, 0.2) is 5.82 Å². The number of thiophene rings is 1. The van der Waals surface area contributed by atoms with Crippen LogP contribution in [0.5, 0.6) is 0 Å².